The second-order valence-corrected chi connectivity index (χ2v) is 8.82. The summed E-state index contributed by atoms with van der Waals surface area (Å²) in [6, 6.07) is 6.76. The Morgan fingerprint density at radius 3 is 2.47 bits per heavy atom. The van der Waals surface area contributed by atoms with E-state index in [1.165, 1.54) is 0 Å². The van der Waals surface area contributed by atoms with Crippen LogP contribution in [0.2, 0.25) is 5.02 Å². The summed E-state index contributed by atoms with van der Waals surface area (Å²) >= 11 is 6.07. The van der Waals surface area contributed by atoms with Crippen LogP contribution in [-0.4, -0.2) is 84.4 Å². The number of amides is 3. The zero-order valence-electron chi connectivity index (χ0n) is 17.3. The van der Waals surface area contributed by atoms with Gasteiger partial charge in [-0.2, -0.15) is 0 Å². The van der Waals surface area contributed by atoms with Crippen LogP contribution >= 0.6 is 11.6 Å². The monoisotopic (exact) mass is 433 g/mol. The molecule has 30 heavy (non-hydrogen) atoms. The molecular formula is C22H28ClN3O4. The van der Waals surface area contributed by atoms with E-state index in [1.54, 1.807) is 36.1 Å². The van der Waals surface area contributed by atoms with Crippen molar-refractivity contribution in [3.8, 4) is 0 Å². The third-order valence-electron chi connectivity index (χ3n) is 6.80. The molecular weight excluding hydrogens is 406 g/mol. The van der Waals surface area contributed by atoms with Crippen LogP contribution in [0.5, 0.6) is 0 Å². The predicted octanol–water partition coefficient (Wildman–Crippen LogP) is 2.04. The number of hydrogen-bond donors (Lipinski definition) is 0. The minimum atomic E-state index is -0.633. The molecule has 1 aromatic carbocycles. The Morgan fingerprint density at radius 1 is 1.03 bits per heavy atom. The van der Waals surface area contributed by atoms with Crippen LogP contribution < -0.4 is 0 Å². The Labute approximate surface area is 181 Å². The number of ether oxygens (including phenoxy) is 1. The summed E-state index contributed by atoms with van der Waals surface area (Å²) in [6.07, 6.45) is 1.80. The van der Waals surface area contributed by atoms with Crippen molar-refractivity contribution < 1.29 is 19.1 Å². The van der Waals surface area contributed by atoms with Crippen molar-refractivity contribution in [3.05, 3.63) is 34.9 Å². The molecule has 2 atom stereocenters. The van der Waals surface area contributed by atoms with E-state index in [9.17, 15) is 14.4 Å². The number of rotatable bonds is 2. The van der Waals surface area contributed by atoms with Gasteiger partial charge >= 0.3 is 0 Å². The van der Waals surface area contributed by atoms with Gasteiger partial charge in [0, 0.05) is 56.3 Å². The van der Waals surface area contributed by atoms with Crippen LogP contribution in [-0.2, 0) is 14.3 Å². The van der Waals surface area contributed by atoms with Crippen LogP contribution in [0, 0.1) is 5.41 Å². The van der Waals surface area contributed by atoms with E-state index in [0.717, 1.165) is 0 Å². The van der Waals surface area contributed by atoms with Crippen LogP contribution in [0.1, 0.15) is 36.5 Å². The summed E-state index contributed by atoms with van der Waals surface area (Å²) in [5.41, 5.74) is -0.0848. The first kappa shape index (κ1) is 21.1. The maximum absolute atomic E-state index is 13.7. The number of carbonyl (C=O) groups is 3. The molecule has 3 fully saturated rings. The highest BCUT2D eigenvalue weighted by atomic mass is 35.5. The molecule has 0 unspecified atom stereocenters. The average molecular weight is 434 g/mol. The lowest BCUT2D eigenvalue weighted by atomic mass is 9.75. The van der Waals surface area contributed by atoms with Crippen LogP contribution in [0.15, 0.2) is 24.3 Å². The summed E-state index contributed by atoms with van der Waals surface area (Å²) in [5.74, 6) is 0.0173. The van der Waals surface area contributed by atoms with Crippen molar-refractivity contribution in [2.75, 3.05) is 45.9 Å². The number of nitrogens with zero attached hydrogens (tertiary/aromatic N) is 3. The third-order valence-corrected chi connectivity index (χ3v) is 7.04. The molecule has 3 aliphatic rings. The first-order chi connectivity index (χ1) is 14.4. The minimum absolute atomic E-state index is 0.00808. The highest BCUT2D eigenvalue weighted by Gasteiger charge is 2.55. The second kappa shape index (κ2) is 8.55. The van der Waals surface area contributed by atoms with Gasteiger partial charge in [-0.25, -0.2) is 0 Å². The van der Waals surface area contributed by atoms with Gasteiger partial charge in [0.05, 0.1) is 18.6 Å². The summed E-state index contributed by atoms with van der Waals surface area (Å²) in [7, 11) is 0. The zero-order valence-corrected chi connectivity index (χ0v) is 18.1. The minimum Gasteiger partial charge on any atom is -0.378 e. The fourth-order valence-electron chi connectivity index (χ4n) is 5.21. The fraction of sp³-hybridized carbons (Fsp3) is 0.591. The molecule has 3 aliphatic heterocycles. The van der Waals surface area contributed by atoms with Gasteiger partial charge in [0.2, 0.25) is 11.8 Å². The van der Waals surface area contributed by atoms with Crippen LogP contribution in [0.25, 0.3) is 0 Å². The number of benzene rings is 1. The van der Waals surface area contributed by atoms with Gasteiger partial charge in [0.1, 0.15) is 0 Å². The molecule has 0 radical (unpaired) electrons. The lowest BCUT2D eigenvalue weighted by molar-refractivity contribution is -0.149. The van der Waals surface area contributed by atoms with Gasteiger partial charge in [-0.15, -0.1) is 0 Å². The maximum atomic E-state index is 13.7. The Balaban J connectivity index is 1.59. The van der Waals surface area contributed by atoms with Gasteiger partial charge in [0.15, 0.2) is 0 Å². The van der Waals surface area contributed by atoms with E-state index in [0.29, 0.717) is 75.8 Å². The second-order valence-electron chi connectivity index (χ2n) is 8.38. The Hall–Kier alpha value is -2.12. The highest BCUT2D eigenvalue weighted by molar-refractivity contribution is 6.30. The van der Waals surface area contributed by atoms with Gasteiger partial charge < -0.3 is 19.4 Å². The molecule has 0 aromatic heterocycles. The molecule has 0 saturated carbocycles. The van der Waals surface area contributed by atoms with Gasteiger partial charge in [-0.05, 0) is 37.5 Å². The number of likely N-dealkylation sites (tertiary alicyclic amines) is 2. The molecule has 0 N–H and O–H groups in total. The third kappa shape index (κ3) is 3.81. The van der Waals surface area contributed by atoms with E-state index in [2.05, 4.69) is 0 Å². The summed E-state index contributed by atoms with van der Waals surface area (Å²) in [5, 5.41) is 0.522. The molecule has 0 bridgehead atoms. The van der Waals surface area contributed by atoms with Gasteiger partial charge in [-0.3, -0.25) is 14.4 Å². The van der Waals surface area contributed by atoms with Crippen molar-refractivity contribution in [1.82, 2.24) is 14.7 Å². The molecule has 3 saturated heterocycles. The molecule has 162 valence electrons. The predicted molar refractivity (Wildman–Crippen MR) is 112 cm³/mol. The lowest BCUT2D eigenvalue weighted by Gasteiger charge is -2.40. The smallest absolute Gasteiger partial charge is 0.253 e. The maximum Gasteiger partial charge on any atom is 0.253 e. The molecule has 0 spiro atoms. The highest BCUT2D eigenvalue weighted by Crippen LogP contribution is 2.45. The molecule has 0 aliphatic carbocycles. The number of hydrogen-bond acceptors (Lipinski definition) is 4. The largest absolute Gasteiger partial charge is 0.378 e. The Morgan fingerprint density at radius 2 is 1.77 bits per heavy atom. The number of fused-ring (bicyclic) bond motifs is 1. The number of morpholine rings is 1. The van der Waals surface area contributed by atoms with Crippen molar-refractivity contribution in [3.63, 3.8) is 0 Å². The standard InChI is InChI=1S/C22H28ClN3O4/c1-16(27)26-10-7-22(21(29)25-11-13-30-14-12-25)6-9-24(8-5-19(22)26)20(28)17-3-2-4-18(23)15-17/h2-4,15,19H,5-14H2,1H3/t19-,22+/m0/s1. The molecule has 7 nitrogen and oxygen atoms in total. The molecule has 3 amide bonds. The summed E-state index contributed by atoms with van der Waals surface area (Å²) in [6.45, 7) is 5.41. The first-order valence-electron chi connectivity index (χ1n) is 10.6. The number of carbonyl (C=O) groups excluding carboxylic acids is 3. The van der Waals surface area contributed by atoms with Crippen molar-refractivity contribution in [1.29, 1.82) is 0 Å². The van der Waals surface area contributed by atoms with Crippen LogP contribution in [0.4, 0.5) is 0 Å². The lowest BCUT2D eigenvalue weighted by Crippen LogP contribution is -2.54. The van der Waals surface area contributed by atoms with Crippen molar-refractivity contribution in [2.45, 2.75) is 32.2 Å². The fourth-order valence-corrected chi connectivity index (χ4v) is 5.40. The first-order valence-corrected chi connectivity index (χ1v) is 11.0. The SMILES string of the molecule is CC(=O)N1CC[C@]2(C(=O)N3CCOCC3)CCN(C(=O)c3cccc(Cl)c3)CC[C@H]12. The van der Waals surface area contributed by atoms with Crippen molar-refractivity contribution >= 4 is 29.3 Å². The topological polar surface area (TPSA) is 70.2 Å². The zero-order chi connectivity index (χ0) is 21.3. The van der Waals surface area contributed by atoms with Gasteiger partial charge in [-0.1, -0.05) is 17.7 Å². The van der Waals surface area contributed by atoms with E-state index in [1.807, 2.05) is 9.80 Å². The van der Waals surface area contributed by atoms with E-state index in [4.69, 9.17) is 16.3 Å². The van der Waals surface area contributed by atoms with Gasteiger partial charge in [0.25, 0.3) is 5.91 Å². The van der Waals surface area contributed by atoms with E-state index in [-0.39, 0.29) is 23.8 Å². The Bertz CT molecular complexity index is 841. The van der Waals surface area contributed by atoms with Crippen LogP contribution in [0.3, 0.4) is 0 Å². The number of halogens is 1. The molecule has 3 heterocycles. The molecule has 8 heteroatoms. The normalized spacial score (nSPS) is 26.9. The molecule has 4 rings (SSSR count). The van der Waals surface area contributed by atoms with E-state index < -0.39 is 5.41 Å². The molecule has 1 aromatic rings. The van der Waals surface area contributed by atoms with E-state index >= 15 is 0 Å². The Kier molecular flexibility index (Phi) is 6.02. The quantitative estimate of drug-likeness (QED) is 0.715. The van der Waals surface area contributed by atoms with Crippen molar-refractivity contribution in [2.24, 2.45) is 5.41 Å². The summed E-state index contributed by atoms with van der Waals surface area (Å²) < 4.78 is 5.42. The summed E-state index contributed by atoms with van der Waals surface area (Å²) in [4.78, 5) is 44.6. The average Bonchev–Trinajstić information content (AvgIpc) is 3.02.